The zero-order valence-electron chi connectivity index (χ0n) is 14.8. The van der Waals surface area contributed by atoms with E-state index in [-0.39, 0.29) is 5.91 Å². The first-order valence-corrected chi connectivity index (χ1v) is 8.66. The van der Waals surface area contributed by atoms with Gasteiger partial charge in [-0.2, -0.15) is 0 Å². The van der Waals surface area contributed by atoms with Crippen molar-refractivity contribution in [3.05, 3.63) is 30.2 Å². The normalized spacial score (nSPS) is 15.4. The lowest BCUT2D eigenvalue weighted by Gasteiger charge is -2.34. The third-order valence-electron chi connectivity index (χ3n) is 4.51. The van der Waals surface area contributed by atoms with Crippen molar-refractivity contribution in [2.24, 2.45) is 0 Å². The fraction of sp³-hybridized carbons (Fsp3) is 0.500. The summed E-state index contributed by atoms with van der Waals surface area (Å²) in [7, 11) is 1.62. The van der Waals surface area contributed by atoms with Gasteiger partial charge in [0, 0.05) is 44.6 Å². The summed E-state index contributed by atoms with van der Waals surface area (Å²) >= 11 is 0. The third-order valence-corrected chi connectivity index (χ3v) is 4.51. The molecular weight excluding hydrogens is 320 g/mol. The number of rotatable bonds is 6. The van der Waals surface area contributed by atoms with Crippen molar-refractivity contribution in [3.8, 4) is 17.2 Å². The van der Waals surface area contributed by atoms with E-state index in [9.17, 15) is 4.79 Å². The van der Waals surface area contributed by atoms with E-state index in [1.165, 1.54) is 0 Å². The van der Waals surface area contributed by atoms with Gasteiger partial charge >= 0.3 is 0 Å². The molecular formula is C18H24N4O3. The van der Waals surface area contributed by atoms with Gasteiger partial charge in [0.1, 0.15) is 5.75 Å². The van der Waals surface area contributed by atoms with Gasteiger partial charge in [0.05, 0.1) is 7.11 Å². The van der Waals surface area contributed by atoms with Crippen molar-refractivity contribution in [2.75, 3.05) is 39.8 Å². The highest BCUT2D eigenvalue weighted by Gasteiger charge is 2.20. The van der Waals surface area contributed by atoms with Crippen LogP contribution < -0.4 is 4.74 Å². The molecule has 25 heavy (non-hydrogen) atoms. The summed E-state index contributed by atoms with van der Waals surface area (Å²) in [6.07, 6.45) is 0.857. The summed E-state index contributed by atoms with van der Waals surface area (Å²) in [4.78, 5) is 16.6. The van der Waals surface area contributed by atoms with Crippen LogP contribution in [-0.4, -0.2) is 65.7 Å². The Labute approximate surface area is 147 Å². The van der Waals surface area contributed by atoms with Gasteiger partial charge in [-0.15, -0.1) is 10.2 Å². The fourth-order valence-corrected chi connectivity index (χ4v) is 2.91. The van der Waals surface area contributed by atoms with Crippen molar-refractivity contribution in [1.29, 1.82) is 0 Å². The maximum absolute atomic E-state index is 12.3. The average molecular weight is 344 g/mol. The van der Waals surface area contributed by atoms with Crippen molar-refractivity contribution < 1.29 is 13.9 Å². The number of carbonyl (C=O) groups excluding carboxylic acids is 1. The summed E-state index contributed by atoms with van der Waals surface area (Å²) in [6.45, 7) is 6.67. The molecule has 2 heterocycles. The standard InChI is InChI=1S/C18H24N4O3/c1-3-21-9-11-22(12-10-21)17(23)8-7-16-19-20-18(25-16)14-5-4-6-15(13-14)24-2/h4-6,13H,3,7-12H2,1-2H3. The summed E-state index contributed by atoms with van der Waals surface area (Å²) < 4.78 is 10.9. The van der Waals surface area contributed by atoms with Gasteiger partial charge in [0.25, 0.3) is 0 Å². The molecule has 7 nitrogen and oxygen atoms in total. The Morgan fingerprint density at radius 1 is 1.24 bits per heavy atom. The molecule has 0 aliphatic carbocycles. The van der Waals surface area contributed by atoms with E-state index in [2.05, 4.69) is 22.0 Å². The van der Waals surface area contributed by atoms with E-state index in [0.717, 1.165) is 44.0 Å². The molecule has 1 aliphatic heterocycles. The predicted molar refractivity (Wildman–Crippen MR) is 93.3 cm³/mol. The maximum atomic E-state index is 12.3. The van der Waals surface area contributed by atoms with E-state index in [1.54, 1.807) is 7.11 Å². The molecule has 1 aromatic heterocycles. The molecule has 0 spiro atoms. The Morgan fingerprint density at radius 3 is 2.76 bits per heavy atom. The molecule has 0 saturated carbocycles. The molecule has 0 unspecified atom stereocenters. The molecule has 134 valence electrons. The number of methoxy groups -OCH3 is 1. The number of likely N-dealkylation sites (N-methyl/N-ethyl adjacent to an activating group) is 1. The summed E-state index contributed by atoms with van der Waals surface area (Å²) in [6, 6.07) is 7.46. The second kappa shape index (κ2) is 8.11. The highest BCUT2D eigenvalue weighted by atomic mass is 16.5. The molecule has 2 aromatic rings. The van der Waals surface area contributed by atoms with Crippen LogP contribution in [0.2, 0.25) is 0 Å². The molecule has 0 bridgehead atoms. The van der Waals surface area contributed by atoms with Crippen LogP contribution in [0, 0.1) is 0 Å². The van der Waals surface area contributed by atoms with Crippen LogP contribution >= 0.6 is 0 Å². The number of amides is 1. The van der Waals surface area contributed by atoms with Crippen molar-refractivity contribution in [1.82, 2.24) is 20.0 Å². The minimum Gasteiger partial charge on any atom is -0.497 e. The minimum atomic E-state index is 0.150. The highest BCUT2D eigenvalue weighted by molar-refractivity contribution is 5.76. The average Bonchev–Trinajstić information content (AvgIpc) is 3.15. The van der Waals surface area contributed by atoms with E-state index in [4.69, 9.17) is 9.15 Å². The molecule has 1 aliphatic rings. The Hall–Kier alpha value is -2.41. The highest BCUT2D eigenvalue weighted by Crippen LogP contribution is 2.22. The van der Waals surface area contributed by atoms with Gasteiger partial charge in [-0.3, -0.25) is 4.79 Å². The van der Waals surface area contributed by atoms with Crippen LogP contribution in [0.25, 0.3) is 11.5 Å². The van der Waals surface area contributed by atoms with Gasteiger partial charge in [0.2, 0.25) is 17.7 Å². The number of carbonyl (C=O) groups is 1. The number of ether oxygens (including phenoxy) is 1. The van der Waals surface area contributed by atoms with E-state index in [0.29, 0.717) is 24.6 Å². The minimum absolute atomic E-state index is 0.150. The number of aryl methyl sites for hydroxylation is 1. The van der Waals surface area contributed by atoms with Crippen molar-refractivity contribution >= 4 is 5.91 Å². The third kappa shape index (κ3) is 4.36. The number of aromatic nitrogens is 2. The number of hydrogen-bond donors (Lipinski definition) is 0. The quantitative estimate of drug-likeness (QED) is 0.796. The number of benzene rings is 1. The molecule has 3 rings (SSSR count). The van der Waals surface area contributed by atoms with E-state index in [1.807, 2.05) is 29.2 Å². The zero-order chi connectivity index (χ0) is 17.6. The monoisotopic (exact) mass is 344 g/mol. The number of nitrogens with zero attached hydrogens (tertiary/aromatic N) is 4. The maximum Gasteiger partial charge on any atom is 0.247 e. The smallest absolute Gasteiger partial charge is 0.247 e. The molecule has 7 heteroatoms. The SMILES string of the molecule is CCN1CCN(C(=O)CCc2nnc(-c3cccc(OC)c3)o2)CC1. The van der Waals surface area contributed by atoms with Crippen LogP contribution in [0.3, 0.4) is 0 Å². The lowest BCUT2D eigenvalue weighted by atomic mass is 10.2. The van der Waals surface area contributed by atoms with E-state index >= 15 is 0 Å². The second-order valence-corrected chi connectivity index (χ2v) is 6.05. The van der Waals surface area contributed by atoms with Gasteiger partial charge in [0.15, 0.2) is 0 Å². The Morgan fingerprint density at radius 2 is 2.04 bits per heavy atom. The molecule has 0 N–H and O–H groups in total. The lowest BCUT2D eigenvalue weighted by Crippen LogP contribution is -2.48. The largest absolute Gasteiger partial charge is 0.497 e. The second-order valence-electron chi connectivity index (χ2n) is 6.05. The number of piperazine rings is 1. The van der Waals surface area contributed by atoms with Gasteiger partial charge in [-0.25, -0.2) is 0 Å². The van der Waals surface area contributed by atoms with Crippen LogP contribution in [-0.2, 0) is 11.2 Å². The summed E-state index contributed by atoms with van der Waals surface area (Å²) in [5.74, 6) is 1.81. The Balaban J connectivity index is 1.54. The Kier molecular flexibility index (Phi) is 5.65. The van der Waals surface area contributed by atoms with E-state index < -0.39 is 0 Å². The Bertz CT molecular complexity index is 708. The zero-order valence-corrected chi connectivity index (χ0v) is 14.8. The molecule has 0 atom stereocenters. The fourth-order valence-electron chi connectivity index (χ4n) is 2.91. The van der Waals surface area contributed by atoms with Gasteiger partial charge in [-0.05, 0) is 24.7 Å². The first kappa shape index (κ1) is 17.4. The van der Waals surface area contributed by atoms with Crippen LogP contribution in [0.5, 0.6) is 5.75 Å². The molecule has 1 saturated heterocycles. The summed E-state index contributed by atoms with van der Waals surface area (Å²) in [5, 5.41) is 8.12. The van der Waals surface area contributed by atoms with Gasteiger partial charge < -0.3 is 19.0 Å². The first-order chi connectivity index (χ1) is 12.2. The first-order valence-electron chi connectivity index (χ1n) is 8.66. The lowest BCUT2D eigenvalue weighted by molar-refractivity contribution is -0.132. The molecule has 1 amide bonds. The van der Waals surface area contributed by atoms with Crippen molar-refractivity contribution in [2.45, 2.75) is 19.8 Å². The van der Waals surface area contributed by atoms with Crippen molar-refractivity contribution in [3.63, 3.8) is 0 Å². The summed E-state index contributed by atoms with van der Waals surface area (Å²) in [5.41, 5.74) is 0.806. The van der Waals surface area contributed by atoms with Crippen LogP contribution in [0.15, 0.2) is 28.7 Å². The molecule has 1 fully saturated rings. The van der Waals surface area contributed by atoms with Crippen LogP contribution in [0.1, 0.15) is 19.2 Å². The topological polar surface area (TPSA) is 71.7 Å². The number of hydrogen-bond acceptors (Lipinski definition) is 6. The molecule has 1 aromatic carbocycles. The van der Waals surface area contributed by atoms with Gasteiger partial charge in [-0.1, -0.05) is 13.0 Å². The predicted octanol–water partition coefficient (Wildman–Crippen LogP) is 1.84. The van der Waals surface area contributed by atoms with Crippen LogP contribution in [0.4, 0.5) is 0 Å². The molecule has 0 radical (unpaired) electrons.